The van der Waals surface area contributed by atoms with Gasteiger partial charge in [-0.2, -0.15) is 0 Å². The normalized spacial score (nSPS) is 10.5. The fourth-order valence-corrected chi connectivity index (χ4v) is 2.33. The van der Waals surface area contributed by atoms with Crippen LogP contribution in [0.15, 0.2) is 52.3 Å². The van der Waals surface area contributed by atoms with Crippen LogP contribution in [0.1, 0.15) is 4.88 Å². The monoisotopic (exact) mass is 365 g/mol. The molecule has 1 aromatic heterocycles. The SMILES string of the molecule is O=C(COC(=O)/C=C/c1cccs1)Nc1ccc(Br)cc1. The Labute approximate surface area is 134 Å². The minimum absolute atomic E-state index is 0.316. The number of amides is 1. The molecule has 2 rings (SSSR count). The molecule has 108 valence electrons. The second-order valence-corrected chi connectivity index (χ2v) is 5.91. The van der Waals surface area contributed by atoms with Gasteiger partial charge in [0.15, 0.2) is 6.61 Å². The van der Waals surface area contributed by atoms with Crippen LogP contribution in [0.2, 0.25) is 0 Å². The van der Waals surface area contributed by atoms with Crippen LogP contribution in [0, 0.1) is 0 Å². The molecule has 6 heteroatoms. The van der Waals surface area contributed by atoms with Crippen LogP contribution in [-0.2, 0) is 14.3 Å². The highest BCUT2D eigenvalue weighted by Crippen LogP contribution is 2.14. The number of halogens is 1. The van der Waals surface area contributed by atoms with E-state index in [2.05, 4.69) is 21.2 Å². The highest BCUT2D eigenvalue weighted by molar-refractivity contribution is 9.10. The zero-order valence-electron chi connectivity index (χ0n) is 10.9. The van der Waals surface area contributed by atoms with Crippen LogP contribution in [-0.4, -0.2) is 18.5 Å². The van der Waals surface area contributed by atoms with Crippen LogP contribution in [0.3, 0.4) is 0 Å². The largest absolute Gasteiger partial charge is 0.452 e. The predicted octanol–water partition coefficient (Wildman–Crippen LogP) is 3.71. The highest BCUT2D eigenvalue weighted by atomic mass is 79.9. The molecule has 21 heavy (non-hydrogen) atoms. The lowest BCUT2D eigenvalue weighted by atomic mass is 10.3. The standard InChI is InChI=1S/C15H12BrNO3S/c16-11-3-5-12(6-4-11)17-14(18)10-20-15(19)8-7-13-2-1-9-21-13/h1-9H,10H2,(H,17,18)/b8-7+. The second-order valence-electron chi connectivity index (χ2n) is 4.01. The van der Waals surface area contributed by atoms with Crippen LogP contribution >= 0.6 is 27.3 Å². The molecule has 0 aliphatic carbocycles. The quantitative estimate of drug-likeness (QED) is 0.649. The van der Waals surface area contributed by atoms with Gasteiger partial charge in [-0.3, -0.25) is 4.79 Å². The smallest absolute Gasteiger partial charge is 0.331 e. The van der Waals surface area contributed by atoms with Crippen LogP contribution in [0.5, 0.6) is 0 Å². The number of thiophene rings is 1. The van der Waals surface area contributed by atoms with Gasteiger partial charge in [0.1, 0.15) is 0 Å². The molecule has 0 atom stereocenters. The van der Waals surface area contributed by atoms with Crippen molar-refractivity contribution in [3.63, 3.8) is 0 Å². The van der Waals surface area contributed by atoms with E-state index >= 15 is 0 Å². The van der Waals surface area contributed by atoms with Crippen molar-refractivity contribution in [1.29, 1.82) is 0 Å². The molecule has 0 saturated carbocycles. The maximum Gasteiger partial charge on any atom is 0.331 e. The first-order chi connectivity index (χ1) is 10.1. The van der Waals surface area contributed by atoms with Crippen molar-refractivity contribution in [1.82, 2.24) is 0 Å². The maximum atomic E-state index is 11.6. The van der Waals surface area contributed by atoms with Gasteiger partial charge < -0.3 is 10.1 Å². The number of hydrogen-bond acceptors (Lipinski definition) is 4. The molecule has 4 nitrogen and oxygen atoms in total. The van der Waals surface area contributed by atoms with Gasteiger partial charge in [-0.25, -0.2) is 4.79 Å². The third-order valence-electron chi connectivity index (χ3n) is 2.40. The summed E-state index contributed by atoms with van der Waals surface area (Å²) in [5.41, 5.74) is 0.647. The first-order valence-electron chi connectivity index (χ1n) is 6.07. The zero-order chi connectivity index (χ0) is 15.1. The Balaban J connectivity index is 1.75. The van der Waals surface area contributed by atoms with E-state index in [-0.39, 0.29) is 12.5 Å². The van der Waals surface area contributed by atoms with E-state index in [1.165, 1.54) is 17.4 Å². The van der Waals surface area contributed by atoms with Gasteiger partial charge in [0.2, 0.25) is 0 Å². The lowest BCUT2D eigenvalue weighted by Crippen LogP contribution is -2.20. The van der Waals surface area contributed by atoms with Gasteiger partial charge in [0.05, 0.1) is 0 Å². The Morgan fingerprint density at radius 1 is 1.24 bits per heavy atom. The van der Waals surface area contributed by atoms with Gasteiger partial charge in [-0.15, -0.1) is 11.3 Å². The molecule has 0 aliphatic heterocycles. The van der Waals surface area contributed by atoms with E-state index in [9.17, 15) is 9.59 Å². The summed E-state index contributed by atoms with van der Waals surface area (Å²) in [6.07, 6.45) is 2.96. The molecule has 0 bridgehead atoms. The number of rotatable bonds is 5. The van der Waals surface area contributed by atoms with Crippen molar-refractivity contribution >= 4 is 50.9 Å². The van der Waals surface area contributed by atoms with Crippen molar-refractivity contribution in [2.45, 2.75) is 0 Å². The summed E-state index contributed by atoms with van der Waals surface area (Å²) in [5, 5.41) is 4.55. The first-order valence-corrected chi connectivity index (χ1v) is 7.74. The Hall–Kier alpha value is -1.92. The number of esters is 1. The van der Waals surface area contributed by atoms with Gasteiger partial charge in [0.25, 0.3) is 5.91 Å². The van der Waals surface area contributed by atoms with Gasteiger partial charge in [-0.1, -0.05) is 22.0 Å². The third-order valence-corrected chi connectivity index (χ3v) is 3.77. The molecule has 0 spiro atoms. The maximum absolute atomic E-state index is 11.6. The number of nitrogens with one attached hydrogen (secondary N) is 1. The summed E-state index contributed by atoms with van der Waals surface area (Å²) in [6.45, 7) is -0.316. The summed E-state index contributed by atoms with van der Waals surface area (Å²) >= 11 is 4.82. The lowest BCUT2D eigenvalue weighted by molar-refractivity contribution is -0.142. The fraction of sp³-hybridized carbons (Fsp3) is 0.0667. The summed E-state index contributed by atoms with van der Waals surface area (Å²) < 4.78 is 5.78. The Morgan fingerprint density at radius 3 is 2.67 bits per heavy atom. The Morgan fingerprint density at radius 2 is 2.00 bits per heavy atom. The Bertz CT molecular complexity index is 635. The van der Waals surface area contributed by atoms with E-state index in [0.29, 0.717) is 5.69 Å². The van der Waals surface area contributed by atoms with Crippen molar-refractivity contribution in [2.24, 2.45) is 0 Å². The van der Waals surface area contributed by atoms with Crippen LogP contribution in [0.25, 0.3) is 6.08 Å². The van der Waals surface area contributed by atoms with Crippen molar-refractivity contribution < 1.29 is 14.3 Å². The number of carbonyl (C=O) groups is 2. The van der Waals surface area contributed by atoms with Crippen molar-refractivity contribution in [2.75, 3.05) is 11.9 Å². The van der Waals surface area contributed by atoms with Crippen molar-refractivity contribution in [3.8, 4) is 0 Å². The molecule has 2 aromatic rings. The molecule has 0 fully saturated rings. The molecule has 0 aliphatic rings. The molecule has 0 radical (unpaired) electrons. The van der Waals surface area contributed by atoms with Gasteiger partial charge in [-0.05, 0) is 41.8 Å². The second kappa shape index (κ2) is 7.75. The number of carbonyl (C=O) groups excluding carboxylic acids is 2. The predicted molar refractivity (Wildman–Crippen MR) is 87.1 cm³/mol. The van der Waals surface area contributed by atoms with Crippen molar-refractivity contribution in [3.05, 3.63) is 57.2 Å². The molecule has 1 aromatic carbocycles. The first kappa shape index (κ1) is 15.5. The van der Waals surface area contributed by atoms with E-state index in [1.807, 2.05) is 29.6 Å². The van der Waals surface area contributed by atoms with E-state index in [4.69, 9.17) is 4.74 Å². The summed E-state index contributed by atoms with van der Waals surface area (Å²) in [7, 11) is 0. The lowest BCUT2D eigenvalue weighted by Gasteiger charge is -2.05. The van der Waals surface area contributed by atoms with Crippen LogP contribution < -0.4 is 5.32 Å². The fourth-order valence-electron chi connectivity index (χ4n) is 1.45. The number of benzene rings is 1. The average Bonchev–Trinajstić information content (AvgIpc) is 2.99. The van der Waals surface area contributed by atoms with Gasteiger partial charge >= 0.3 is 5.97 Å². The van der Waals surface area contributed by atoms with Gasteiger partial charge in [0, 0.05) is 21.1 Å². The van der Waals surface area contributed by atoms with E-state index in [1.54, 1.807) is 18.2 Å². The molecule has 1 N–H and O–H groups in total. The molecule has 1 heterocycles. The number of anilines is 1. The topological polar surface area (TPSA) is 55.4 Å². The van der Waals surface area contributed by atoms with Crippen LogP contribution in [0.4, 0.5) is 5.69 Å². The number of hydrogen-bond donors (Lipinski definition) is 1. The minimum Gasteiger partial charge on any atom is -0.452 e. The third kappa shape index (κ3) is 5.53. The Kier molecular flexibility index (Phi) is 5.71. The summed E-state index contributed by atoms with van der Waals surface area (Å²) in [5.74, 6) is -0.926. The average molecular weight is 366 g/mol. The summed E-state index contributed by atoms with van der Waals surface area (Å²) in [4.78, 5) is 24.0. The van der Waals surface area contributed by atoms with E-state index in [0.717, 1.165) is 9.35 Å². The molecular weight excluding hydrogens is 354 g/mol. The number of ether oxygens (including phenoxy) is 1. The molecule has 0 unspecified atom stereocenters. The molecule has 0 saturated heterocycles. The zero-order valence-corrected chi connectivity index (χ0v) is 13.3. The summed E-state index contributed by atoms with van der Waals surface area (Å²) in [6, 6.07) is 10.9. The van der Waals surface area contributed by atoms with E-state index < -0.39 is 5.97 Å². The minimum atomic E-state index is -0.547. The molecular formula is C15H12BrNO3S. The molecule has 1 amide bonds. The highest BCUT2D eigenvalue weighted by Gasteiger charge is 2.05.